The van der Waals surface area contributed by atoms with E-state index in [0.29, 0.717) is 31.1 Å². The number of rotatable bonds is 7. The van der Waals surface area contributed by atoms with Crippen molar-refractivity contribution in [2.45, 2.75) is 17.1 Å². The smallest absolute Gasteiger partial charge is 0.238 e. The Labute approximate surface area is 176 Å². The summed E-state index contributed by atoms with van der Waals surface area (Å²) in [6.07, 6.45) is 0.337. The largest absolute Gasteiger partial charge is 0.486 e. The Morgan fingerprint density at radius 1 is 1.14 bits per heavy atom. The second-order valence-electron chi connectivity index (χ2n) is 6.01. The molecule has 150 valence electrons. The van der Waals surface area contributed by atoms with Crippen molar-refractivity contribution in [3.8, 4) is 11.5 Å². The summed E-state index contributed by atoms with van der Waals surface area (Å²) < 4.78 is 34.5. The molecule has 7 nitrogen and oxygen atoms in total. The number of primary sulfonamides is 1. The number of hydrogen-bond donors (Lipinski definition) is 2. The van der Waals surface area contributed by atoms with Crippen molar-refractivity contribution in [1.82, 2.24) is 0 Å². The van der Waals surface area contributed by atoms with Gasteiger partial charge in [0.1, 0.15) is 13.2 Å². The fourth-order valence-electron chi connectivity index (χ4n) is 2.52. The number of carbonyl (C=O) groups excluding carboxylic acids is 1. The number of benzene rings is 2. The molecule has 28 heavy (non-hydrogen) atoms. The van der Waals surface area contributed by atoms with E-state index in [0.717, 1.165) is 27.3 Å². The molecule has 1 aliphatic heterocycles. The highest BCUT2D eigenvalue weighted by Gasteiger charge is 2.15. The SMILES string of the molecule is NS(=O)(=O)c1ccc(NC(=O)CCSCc2cc3c(cc2Br)OCCO3)cc1. The lowest BCUT2D eigenvalue weighted by molar-refractivity contribution is -0.115. The monoisotopic (exact) mass is 486 g/mol. The molecular weight excluding hydrogens is 468 g/mol. The Morgan fingerprint density at radius 3 is 2.43 bits per heavy atom. The molecule has 2 aromatic rings. The minimum absolute atomic E-state index is 0.00561. The summed E-state index contributed by atoms with van der Waals surface area (Å²) in [4.78, 5) is 12.1. The van der Waals surface area contributed by atoms with Gasteiger partial charge < -0.3 is 14.8 Å². The summed E-state index contributed by atoms with van der Waals surface area (Å²) in [7, 11) is -3.74. The number of nitrogens with one attached hydrogen (secondary N) is 1. The maximum absolute atomic E-state index is 12.1. The van der Waals surface area contributed by atoms with Crippen molar-refractivity contribution in [3.63, 3.8) is 0 Å². The zero-order valence-electron chi connectivity index (χ0n) is 14.8. The van der Waals surface area contributed by atoms with Gasteiger partial charge in [-0.15, -0.1) is 0 Å². The molecule has 0 saturated carbocycles. The van der Waals surface area contributed by atoms with Gasteiger partial charge in [-0.1, -0.05) is 15.9 Å². The van der Waals surface area contributed by atoms with E-state index in [9.17, 15) is 13.2 Å². The summed E-state index contributed by atoms with van der Waals surface area (Å²) >= 11 is 5.17. The number of fused-ring (bicyclic) bond motifs is 1. The van der Waals surface area contributed by atoms with Crippen LogP contribution in [0.3, 0.4) is 0 Å². The Bertz CT molecular complexity index is 965. The van der Waals surface area contributed by atoms with Crippen LogP contribution in [0, 0.1) is 0 Å². The zero-order chi connectivity index (χ0) is 20.1. The maximum Gasteiger partial charge on any atom is 0.238 e. The third kappa shape index (κ3) is 5.63. The minimum Gasteiger partial charge on any atom is -0.486 e. The predicted octanol–water partition coefficient (Wildman–Crippen LogP) is 3.13. The van der Waals surface area contributed by atoms with E-state index in [1.165, 1.54) is 24.3 Å². The van der Waals surface area contributed by atoms with Crippen LogP contribution in [0.1, 0.15) is 12.0 Å². The molecule has 10 heteroatoms. The molecule has 3 rings (SSSR count). The zero-order valence-corrected chi connectivity index (χ0v) is 18.0. The number of nitrogens with two attached hydrogens (primary N) is 1. The number of anilines is 1. The van der Waals surface area contributed by atoms with Crippen LogP contribution in [0.2, 0.25) is 0 Å². The van der Waals surface area contributed by atoms with Gasteiger partial charge in [-0.3, -0.25) is 4.79 Å². The molecule has 0 bridgehead atoms. The average Bonchev–Trinajstić information content (AvgIpc) is 2.65. The Balaban J connectivity index is 1.46. The molecular formula is C18H19BrN2O5S2. The van der Waals surface area contributed by atoms with Gasteiger partial charge in [0, 0.05) is 28.1 Å². The van der Waals surface area contributed by atoms with Gasteiger partial charge in [0.25, 0.3) is 0 Å². The van der Waals surface area contributed by atoms with Crippen molar-refractivity contribution in [1.29, 1.82) is 0 Å². The fraction of sp³-hybridized carbons (Fsp3) is 0.278. The van der Waals surface area contributed by atoms with Gasteiger partial charge in [-0.2, -0.15) is 11.8 Å². The van der Waals surface area contributed by atoms with E-state index in [-0.39, 0.29) is 10.8 Å². The normalized spacial score (nSPS) is 13.2. The van der Waals surface area contributed by atoms with E-state index in [1.807, 2.05) is 12.1 Å². The molecule has 2 aromatic carbocycles. The topological polar surface area (TPSA) is 108 Å². The summed E-state index contributed by atoms with van der Waals surface area (Å²) in [6, 6.07) is 9.60. The molecule has 0 aromatic heterocycles. The van der Waals surface area contributed by atoms with Crippen LogP contribution < -0.4 is 19.9 Å². The van der Waals surface area contributed by atoms with E-state index in [4.69, 9.17) is 14.6 Å². The summed E-state index contributed by atoms with van der Waals surface area (Å²) in [5, 5.41) is 7.79. The van der Waals surface area contributed by atoms with Crippen molar-refractivity contribution in [2.24, 2.45) is 5.14 Å². The number of thioether (sulfide) groups is 1. The van der Waals surface area contributed by atoms with Crippen molar-refractivity contribution in [3.05, 3.63) is 46.4 Å². The molecule has 0 radical (unpaired) electrons. The minimum atomic E-state index is -3.74. The predicted molar refractivity (Wildman–Crippen MR) is 112 cm³/mol. The van der Waals surface area contributed by atoms with Gasteiger partial charge in [0.15, 0.2) is 11.5 Å². The van der Waals surface area contributed by atoms with Crippen molar-refractivity contribution >= 4 is 49.3 Å². The van der Waals surface area contributed by atoms with Crippen LogP contribution in [0.4, 0.5) is 5.69 Å². The van der Waals surface area contributed by atoms with Gasteiger partial charge in [0.2, 0.25) is 15.9 Å². The Morgan fingerprint density at radius 2 is 1.79 bits per heavy atom. The first-order chi connectivity index (χ1) is 13.3. The number of carbonyl (C=O) groups is 1. The van der Waals surface area contributed by atoms with Gasteiger partial charge in [-0.25, -0.2) is 13.6 Å². The Kier molecular flexibility index (Phi) is 6.86. The molecule has 0 fully saturated rings. The lowest BCUT2D eigenvalue weighted by Crippen LogP contribution is -2.15. The molecule has 0 spiro atoms. The summed E-state index contributed by atoms with van der Waals surface area (Å²) in [5.41, 5.74) is 1.60. The average molecular weight is 487 g/mol. The standard InChI is InChI=1S/C18H19BrN2O5S2/c19-15-10-17-16(25-6-7-26-17)9-12(15)11-27-8-5-18(22)21-13-1-3-14(4-2-13)28(20,23)24/h1-4,9-10H,5-8,11H2,(H,21,22)(H2,20,23,24). The summed E-state index contributed by atoms with van der Waals surface area (Å²) in [5.74, 6) is 2.71. The number of amides is 1. The van der Waals surface area contributed by atoms with E-state index in [1.54, 1.807) is 11.8 Å². The van der Waals surface area contributed by atoms with Crippen LogP contribution in [-0.2, 0) is 20.6 Å². The van der Waals surface area contributed by atoms with Crippen LogP contribution in [0.15, 0.2) is 45.8 Å². The quantitative estimate of drug-likeness (QED) is 0.582. The highest BCUT2D eigenvalue weighted by molar-refractivity contribution is 9.10. The number of sulfonamides is 1. The first-order valence-electron chi connectivity index (χ1n) is 8.41. The second-order valence-corrected chi connectivity index (χ2v) is 9.53. The Hall–Kier alpha value is -1.75. The molecule has 1 aliphatic rings. The van der Waals surface area contributed by atoms with E-state index < -0.39 is 10.0 Å². The molecule has 3 N–H and O–H groups in total. The maximum atomic E-state index is 12.1. The van der Waals surface area contributed by atoms with E-state index in [2.05, 4.69) is 21.2 Å². The molecule has 0 saturated heterocycles. The van der Waals surface area contributed by atoms with Crippen molar-refractivity contribution in [2.75, 3.05) is 24.3 Å². The lowest BCUT2D eigenvalue weighted by Gasteiger charge is -2.19. The van der Waals surface area contributed by atoms with Crippen LogP contribution in [0.5, 0.6) is 11.5 Å². The lowest BCUT2D eigenvalue weighted by atomic mass is 10.2. The van der Waals surface area contributed by atoms with E-state index >= 15 is 0 Å². The van der Waals surface area contributed by atoms with Crippen LogP contribution in [-0.4, -0.2) is 33.3 Å². The molecule has 1 amide bonds. The van der Waals surface area contributed by atoms with Crippen molar-refractivity contribution < 1.29 is 22.7 Å². The number of hydrogen-bond acceptors (Lipinski definition) is 6. The highest BCUT2D eigenvalue weighted by atomic mass is 79.9. The number of halogens is 1. The van der Waals surface area contributed by atoms with Gasteiger partial charge >= 0.3 is 0 Å². The summed E-state index contributed by atoms with van der Waals surface area (Å²) in [6.45, 7) is 1.09. The molecule has 1 heterocycles. The first kappa shape index (κ1) is 21.0. The van der Waals surface area contributed by atoms with Crippen LogP contribution >= 0.6 is 27.7 Å². The first-order valence-corrected chi connectivity index (χ1v) is 11.9. The van der Waals surface area contributed by atoms with Gasteiger partial charge in [0.05, 0.1) is 4.90 Å². The third-order valence-electron chi connectivity index (χ3n) is 3.91. The molecule has 0 aliphatic carbocycles. The highest BCUT2D eigenvalue weighted by Crippen LogP contribution is 2.36. The van der Waals surface area contributed by atoms with Crippen LogP contribution in [0.25, 0.3) is 0 Å². The fourth-order valence-corrected chi connectivity index (χ4v) is 4.61. The molecule has 0 atom stereocenters. The van der Waals surface area contributed by atoms with Gasteiger partial charge in [-0.05, 0) is 42.0 Å². The third-order valence-corrected chi connectivity index (χ3v) is 6.58. The molecule has 0 unspecified atom stereocenters. The second kappa shape index (κ2) is 9.17. The number of ether oxygens (including phenoxy) is 2.